The molecule has 0 unspecified atom stereocenters. The van der Waals surface area contributed by atoms with E-state index in [4.69, 9.17) is 23.9 Å². The lowest BCUT2D eigenvalue weighted by atomic mass is 10.1. The first-order valence-corrected chi connectivity index (χ1v) is 37.8. The molecule has 23 nitrogen and oxygen atoms in total. The standard InChI is InChI=1S/C65H81N9O14Si2/c1-89(2,3)41-39-85-60(79)52(31-19-21-33-68-62(81)87-44-46-23-11-7-12-24-46)66-35-37-71-54-50(58(77)73(64(71)83)56(75)48-27-15-9-16-28-48)43-51-55(70-54)72(65(84)74(59(51)78)57(76)49-29-17-10-18-30-49)38-36-67-53(61(80)86-40-42-90(4,5)6)32-20-22-34-69-63(82)88-45-47-25-13-8-14-26-47/h7-18,23-30,43,52-53,66-67H,19-22,31-42,44-45H2,1-6H3,(H,68,81)(H,69,82)/t52-,53-/m0/s1. The minimum atomic E-state index is -1.63. The lowest BCUT2D eigenvalue weighted by Gasteiger charge is -2.21. The van der Waals surface area contributed by atoms with Gasteiger partial charge in [0.05, 0.1) is 24.0 Å². The fourth-order valence-electron chi connectivity index (χ4n) is 9.54. The summed E-state index contributed by atoms with van der Waals surface area (Å²) in [7, 11) is -3.26. The van der Waals surface area contributed by atoms with Crippen LogP contribution in [0.2, 0.25) is 51.4 Å². The Morgan fingerprint density at radius 3 is 1.18 bits per heavy atom. The Hall–Kier alpha value is -8.92. The zero-order chi connectivity index (χ0) is 64.8. The molecule has 4 aromatic carbocycles. The molecule has 25 heteroatoms. The molecule has 90 heavy (non-hydrogen) atoms. The van der Waals surface area contributed by atoms with Gasteiger partial charge in [0.15, 0.2) is 11.3 Å². The largest absolute Gasteiger partial charge is 0.465 e. The molecule has 0 saturated carbocycles. The van der Waals surface area contributed by atoms with Crippen molar-refractivity contribution in [2.45, 2.75) is 128 Å². The van der Waals surface area contributed by atoms with E-state index in [9.17, 15) is 47.9 Å². The number of nitrogens with one attached hydrogen (secondary N) is 4. The molecule has 0 aliphatic rings. The van der Waals surface area contributed by atoms with Gasteiger partial charge in [-0.05, 0) is 92.1 Å². The number of carbonyl (C=O) groups excluding carboxylic acids is 6. The molecule has 0 aliphatic heterocycles. The zero-order valence-electron chi connectivity index (χ0n) is 52.0. The maximum absolute atomic E-state index is 14.9. The summed E-state index contributed by atoms with van der Waals surface area (Å²) in [5.41, 5.74) is -3.54. The van der Waals surface area contributed by atoms with E-state index in [1.807, 2.05) is 60.7 Å². The molecule has 0 saturated heterocycles. The summed E-state index contributed by atoms with van der Waals surface area (Å²) < 4.78 is 25.2. The van der Waals surface area contributed by atoms with Gasteiger partial charge in [0.25, 0.3) is 22.9 Å². The van der Waals surface area contributed by atoms with Crippen LogP contribution >= 0.6 is 0 Å². The molecule has 3 aromatic heterocycles. The molecule has 0 aliphatic carbocycles. The van der Waals surface area contributed by atoms with Crippen LogP contribution in [-0.4, -0.2) is 127 Å². The molecular weight excluding hydrogens is 1190 g/mol. The lowest BCUT2D eigenvalue weighted by molar-refractivity contribution is -0.146. The highest BCUT2D eigenvalue weighted by molar-refractivity contribution is 6.76. The van der Waals surface area contributed by atoms with Crippen LogP contribution < -0.4 is 43.8 Å². The molecule has 478 valence electrons. The smallest absolute Gasteiger partial charge is 0.407 e. The highest BCUT2D eigenvalue weighted by Gasteiger charge is 2.28. The van der Waals surface area contributed by atoms with Crippen LogP contribution in [0, 0.1) is 0 Å². The first-order valence-electron chi connectivity index (χ1n) is 30.3. The highest BCUT2D eigenvalue weighted by Crippen LogP contribution is 2.17. The zero-order valence-corrected chi connectivity index (χ0v) is 54.0. The van der Waals surface area contributed by atoms with Crippen molar-refractivity contribution < 1.29 is 47.7 Å². The van der Waals surface area contributed by atoms with Crippen molar-refractivity contribution in [2.24, 2.45) is 0 Å². The van der Waals surface area contributed by atoms with E-state index in [0.717, 1.165) is 26.3 Å². The molecule has 4 N–H and O–H groups in total. The van der Waals surface area contributed by atoms with E-state index < -0.39 is 86.7 Å². The van der Waals surface area contributed by atoms with Gasteiger partial charge in [-0.25, -0.2) is 24.2 Å². The predicted octanol–water partition coefficient (Wildman–Crippen LogP) is 7.28. The number of amides is 2. The fraction of sp³-hybridized carbons (Fsp3) is 0.400. The minimum Gasteiger partial charge on any atom is -0.465 e. The summed E-state index contributed by atoms with van der Waals surface area (Å²) in [5, 5.41) is 11.1. The number of alkyl carbamates (subject to hydrolysis) is 2. The molecule has 0 radical (unpaired) electrons. The molecule has 2 atom stereocenters. The minimum absolute atomic E-state index is 0.0131. The molecular formula is C65H81N9O14Si2. The van der Waals surface area contributed by atoms with Crippen LogP contribution in [0.4, 0.5) is 9.59 Å². The molecule has 0 fully saturated rings. The molecule has 7 aromatic rings. The van der Waals surface area contributed by atoms with Crippen molar-refractivity contribution in [3.05, 3.63) is 191 Å². The Balaban J connectivity index is 1.21. The summed E-state index contributed by atoms with van der Waals surface area (Å²) >= 11 is 0. The first kappa shape index (κ1) is 68.6. The number of nitrogens with zero attached hydrogens (tertiary/aromatic N) is 5. The summed E-state index contributed by atoms with van der Waals surface area (Å²) in [5.74, 6) is -3.09. The van der Waals surface area contributed by atoms with Crippen LogP contribution in [0.3, 0.4) is 0 Å². The van der Waals surface area contributed by atoms with Crippen LogP contribution in [0.15, 0.2) is 147 Å². The maximum Gasteiger partial charge on any atom is 0.407 e. The van der Waals surface area contributed by atoms with Gasteiger partial charge in [-0.15, -0.1) is 0 Å². The lowest BCUT2D eigenvalue weighted by Crippen LogP contribution is -2.47. The third-order valence-electron chi connectivity index (χ3n) is 14.7. The summed E-state index contributed by atoms with van der Waals surface area (Å²) in [6.45, 7) is 13.0. The van der Waals surface area contributed by atoms with Crippen molar-refractivity contribution >= 4 is 74.2 Å². The summed E-state index contributed by atoms with van der Waals surface area (Å²) in [6, 6.07) is 34.3. The number of unbranched alkanes of at least 4 members (excludes halogenated alkanes) is 2. The van der Waals surface area contributed by atoms with E-state index in [1.54, 1.807) is 36.4 Å². The van der Waals surface area contributed by atoms with Gasteiger partial charge in [0, 0.05) is 66.5 Å². The monoisotopic (exact) mass is 1270 g/mol. The van der Waals surface area contributed by atoms with Crippen molar-refractivity contribution in [1.82, 2.24) is 44.5 Å². The number of ether oxygens (including phenoxy) is 4. The van der Waals surface area contributed by atoms with Gasteiger partial charge in [-0.2, -0.15) is 9.13 Å². The molecule has 7 rings (SSSR count). The van der Waals surface area contributed by atoms with Crippen LogP contribution in [0.1, 0.15) is 70.4 Å². The molecule has 0 bridgehead atoms. The van der Waals surface area contributed by atoms with Crippen LogP contribution in [-0.2, 0) is 54.8 Å². The first-order chi connectivity index (χ1) is 43.1. The fourth-order valence-corrected chi connectivity index (χ4v) is 11.0. The quantitative estimate of drug-likeness (QED) is 0.0106. The van der Waals surface area contributed by atoms with E-state index >= 15 is 0 Å². The summed E-state index contributed by atoms with van der Waals surface area (Å²) in [6.07, 6.45) is 1.08. The number of esters is 2. The van der Waals surface area contributed by atoms with E-state index in [-0.39, 0.29) is 112 Å². The Bertz CT molecular complexity index is 3600. The average Bonchev–Trinajstić information content (AvgIpc) is 0.752. The predicted molar refractivity (Wildman–Crippen MR) is 347 cm³/mol. The second kappa shape index (κ2) is 33.1. The molecule has 3 heterocycles. The Kier molecular flexibility index (Phi) is 25.2. The normalized spacial score (nSPS) is 12.2. The number of aromatic nitrogens is 5. The van der Waals surface area contributed by atoms with Crippen molar-refractivity contribution in [1.29, 1.82) is 0 Å². The summed E-state index contributed by atoms with van der Waals surface area (Å²) in [4.78, 5) is 145. The van der Waals surface area contributed by atoms with Crippen LogP contribution in [0.5, 0.6) is 0 Å². The van der Waals surface area contributed by atoms with Crippen molar-refractivity contribution in [3.63, 3.8) is 0 Å². The SMILES string of the molecule is C[Si](C)(C)CCOC(=O)[C@H](CCCCNC(=O)OCc1ccccc1)NCCn1c(=O)n(C(=O)c2ccccc2)c(=O)c2cc3c(=O)n(C(=O)c4ccccc4)c(=O)n(CCN[C@@H](CCCCNC(=O)OCc4ccccc4)C(=O)OCC[Si](C)(C)C)c3nc21. The van der Waals surface area contributed by atoms with Crippen molar-refractivity contribution in [3.8, 4) is 0 Å². The Morgan fingerprint density at radius 2 is 0.822 bits per heavy atom. The van der Waals surface area contributed by atoms with Crippen molar-refractivity contribution in [2.75, 3.05) is 39.4 Å². The number of rotatable bonds is 32. The van der Waals surface area contributed by atoms with Gasteiger partial charge in [-0.1, -0.05) is 136 Å². The number of pyridine rings is 1. The van der Waals surface area contributed by atoms with E-state index in [2.05, 4.69) is 60.5 Å². The van der Waals surface area contributed by atoms with Gasteiger partial charge in [0.1, 0.15) is 25.3 Å². The van der Waals surface area contributed by atoms with E-state index in [0.29, 0.717) is 46.9 Å². The maximum atomic E-state index is 14.9. The van der Waals surface area contributed by atoms with Gasteiger partial charge in [0.2, 0.25) is 0 Å². The number of fused-ring (bicyclic) bond motifs is 2. The number of hydrogen-bond donors (Lipinski definition) is 4. The number of carbonyl (C=O) groups is 6. The van der Waals surface area contributed by atoms with Gasteiger partial charge in [-0.3, -0.25) is 37.9 Å². The third kappa shape index (κ3) is 20.0. The number of hydrogen-bond acceptors (Lipinski definition) is 17. The second-order valence-corrected chi connectivity index (χ2v) is 35.4. The third-order valence-corrected chi connectivity index (χ3v) is 18.1. The topological polar surface area (TPSA) is 288 Å². The Labute approximate surface area is 523 Å². The highest BCUT2D eigenvalue weighted by atomic mass is 28.3. The van der Waals surface area contributed by atoms with E-state index in [1.165, 1.54) is 24.3 Å². The molecule has 2 amide bonds. The van der Waals surface area contributed by atoms with Crippen LogP contribution in [0.25, 0.3) is 22.1 Å². The average molecular weight is 1270 g/mol. The second-order valence-electron chi connectivity index (χ2n) is 24.2. The van der Waals surface area contributed by atoms with Gasteiger partial charge < -0.3 is 40.2 Å². The number of benzene rings is 4. The van der Waals surface area contributed by atoms with Gasteiger partial charge >= 0.3 is 35.5 Å². The molecule has 0 spiro atoms. The Morgan fingerprint density at radius 1 is 0.467 bits per heavy atom.